The highest BCUT2D eigenvalue weighted by molar-refractivity contribution is 7.98. The fourth-order valence-electron chi connectivity index (χ4n) is 2.19. The van der Waals surface area contributed by atoms with Crippen LogP contribution in [0.5, 0.6) is 0 Å². The van der Waals surface area contributed by atoms with E-state index in [0.29, 0.717) is 5.75 Å². The summed E-state index contributed by atoms with van der Waals surface area (Å²) >= 11 is 1.58. The van der Waals surface area contributed by atoms with Crippen molar-refractivity contribution < 1.29 is 14.3 Å². The van der Waals surface area contributed by atoms with Crippen molar-refractivity contribution in [3.8, 4) is 0 Å². The summed E-state index contributed by atoms with van der Waals surface area (Å²) in [4.78, 5) is 24.1. The molecule has 0 fully saturated rings. The number of carbonyl (C=O) groups is 2. The molecule has 2 aromatic rings. The Labute approximate surface area is 158 Å². The molecule has 0 aliphatic carbocycles. The number of carbonyl (C=O) groups excluding carboxylic acids is 2. The predicted octanol–water partition coefficient (Wildman–Crippen LogP) is 2.50. The lowest BCUT2D eigenvalue weighted by Gasteiger charge is -2.16. The van der Waals surface area contributed by atoms with Crippen molar-refractivity contribution in [3.05, 3.63) is 71.8 Å². The molecule has 0 heterocycles. The molecule has 2 aromatic carbocycles. The van der Waals surface area contributed by atoms with E-state index in [1.165, 1.54) is 5.56 Å². The van der Waals surface area contributed by atoms with E-state index < -0.39 is 18.1 Å². The second-order valence-corrected chi connectivity index (χ2v) is 6.96. The van der Waals surface area contributed by atoms with Gasteiger partial charge in [0, 0.05) is 11.5 Å². The van der Waals surface area contributed by atoms with Gasteiger partial charge < -0.3 is 15.8 Å². The summed E-state index contributed by atoms with van der Waals surface area (Å²) in [7, 11) is 0. The van der Waals surface area contributed by atoms with Gasteiger partial charge in [-0.1, -0.05) is 60.7 Å². The van der Waals surface area contributed by atoms with E-state index >= 15 is 0 Å². The average molecular weight is 372 g/mol. The zero-order valence-electron chi connectivity index (χ0n) is 14.8. The molecule has 0 aromatic heterocycles. The smallest absolute Gasteiger partial charge is 0.328 e. The fraction of sp³-hybridized carbons (Fsp3) is 0.300. The number of rotatable bonds is 9. The maximum Gasteiger partial charge on any atom is 0.328 e. The van der Waals surface area contributed by atoms with Gasteiger partial charge in [-0.15, -0.1) is 0 Å². The van der Waals surface area contributed by atoms with Crippen LogP contribution in [-0.4, -0.2) is 29.7 Å². The Morgan fingerprint density at radius 2 is 1.62 bits per heavy atom. The third kappa shape index (κ3) is 6.90. The molecule has 0 spiro atoms. The Hall–Kier alpha value is -2.31. The minimum absolute atomic E-state index is 0.179. The summed E-state index contributed by atoms with van der Waals surface area (Å²) in [5.41, 5.74) is 7.99. The van der Waals surface area contributed by atoms with Crippen molar-refractivity contribution in [2.24, 2.45) is 5.73 Å². The number of benzene rings is 2. The van der Waals surface area contributed by atoms with Crippen LogP contribution < -0.4 is 11.1 Å². The van der Waals surface area contributed by atoms with Crippen LogP contribution in [-0.2, 0) is 26.7 Å². The van der Waals surface area contributed by atoms with Gasteiger partial charge in [0.1, 0.15) is 12.6 Å². The van der Waals surface area contributed by atoms with E-state index in [-0.39, 0.29) is 12.5 Å². The van der Waals surface area contributed by atoms with Gasteiger partial charge in [0.2, 0.25) is 5.91 Å². The van der Waals surface area contributed by atoms with Gasteiger partial charge in [0.05, 0.1) is 6.04 Å². The molecule has 0 radical (unpaired) electrons. The van der Waals surface area contributed by atoms with Crippen LogP contribution in [0.4, 0.5) is 0 Å². The van der Waals surface area contributed by atoms with Gasteiger partial charge >= 0.3 is 5.97 Å². The fourth-order valence-corrected chi connectivity index (χ4v) is 3.14. The van der Waals surface area contributed by atoms with Crippen LogP contribution in [0, 0.1) is 0 Å². The molecule has 0 bridgehead atoms. The number of nitrogens with one attached hydrogen (secondary N) is 1. The van der Waals surface area contributed by atoms with E-state index in [4.69, 9.17) is 10.5 Å². The molecule has 2 atom stereocenters. The molecular formula is C20H24N2O3S. The Bertz CT molecular complexity index is 695. The SMILES string of the molecule is C[C@H](NC(=O)[C@@H](N)CSCc1ccccc1)C(=O)OCc1ccccc1. The number of ether oxygens (including phenoxy) is 1. The number of hydrogen-bond donors (Lipinski definition) is 2. The third-order valence-corrected chi connectivity index (χ3v) is 4.81. The molecule has 0 saturated heterocycles. The topological polar surface area (TPSA) is 81.4 Å². The number of thioether (sulfide) groups is 1. The van der Waals surface area contributed by atoms with Crippen molar-refractivity contribution in [2.75, 3.05) is 5.75 Å². The highest BCUT2D eigenvalue weighted by atomic mass is 32.2. The number of nitrogens with two attached hydrogens (primary N) is 1. The monoisotopic (exact) mass is 372 g/mol. The van der Waals surface area contributed by atoms with Crippen LogP contribution in [0.1, 0.15) is 18.1 Å². The Morgan fingerprint density at radius 3 is 2.23 bits per heavy atom. The van der Waals surface area contributed by atoms with Gasteiger partial charge in [0.25, 0.3) is 0 Å². The van der Waals surface area contributed by atoms with Crippen molar-refractivity contribution in [1.82, 2.24) is 5.32 Å². The lowest BCUT2D eigenvalue weighted by molar-refractivity contribution is -0.148. The molecule has 0 aliphatic heterocycles. The first kappa shape index (κ1) is 20.0. The molecule has 6 heteroatoms. The van der Waals surface area contributed by atoms with Gasteiger partial charge in [0.15, 0.2) is 0 Å². The maximum absolute atomic E-state index is 12.1. The Morgan fingerprint density at radius 1 is 1.04 bits per heavy atom. The van der Waals surface area contributed by atoms with Gasteiger partial charge in [-0.2, -0.15) is 11.8 Å². The molecule has 1 amide bonds. The first-order chi connectivity index (χ1) is 12.6. The standard InChI is InChI=1S/C20H24N2O3S/c1-15(20(24)25-12-16-8-4-2-5-9-16)22-19(23)18(21)14-26-13-17-10-6-3-7-11-17/h2-11,15,18H,12-14,21H2,1H3,(H,22,23)/t15-,18-/m0/s1. The largest absolute Gasteiger partial charge is 0.459 e. The lowest BCUT2D eigenvalue weighted by Crippen LogP contribution is -2.48. The molecule has 0 saturated carbocycles. The summed E-state index contributed by atoms with van der Waals surface area (Å²) in [5, 5.41) is 2.61. The zero-order valence-corrected chi connectivity index (χ0v) is 15.6. The second-order valence-electron chi connectivity index (χ2n) is 5.93. The number of esters is 1. The molecule has 5 nitrogen and oxygen atoms in total. The summed E-state index contributed by atoms with van der Waals surface area (Å²) in [6.07, 6.45) is 0. The van der Waals surface area contributed by atoms with Crippen LogP contribution in [0.2, 0.25) is 0 Å². The van der Waals surface area contributed by atoms with Crippen LogP contribution in [0.3, 0.4) is 0 Å². The minimum atomic E-state index is -0.739. The van der Waals surface area contributed by atoms with E-state index in [1.807, 2.05) is 60.7 Å². The quantitative estimate of drug-likeness (QED) is 0.661. The average Bonchev–Trinajstić information content (AvgIpc) is 2.67. The molecular weight excluding hydrogens is 348 g/mol. The van der Waals surface area contributed by atoms with Crippen molar-refractivity contribution in [1.29, 1.82) is 0 Å². The second kappa shape index (κ2) is 10.6. The van der Waals surface area contributed by atoms with E-state index in [0.717, 1.165) is 11.3 Å². The zero-order chi connectivity index (χ0) is 18.8. The summed E-state index contributed by atoms with van der Waals surface area (Å²) in [5.74, 6) is 0.435. The van der Waals surface area contributed by atoms with E-state index in [1.54, 1.807) is 18.7 Å². The van der Waals surface area contributed by atoms with Crippen molar-refractivity contribution in [3.63, 3.8) is 0 Å². The Balaban J connectivity index is 1.68. The van der Waals surface area contributed by atoms with Gasteiger partial charge in [-0.05, 0) is 18.1 Å². The number of amides is 1. The molecule has 26 heavy (non-hydrogen) atoms. The molecule has 0 unspecified atom stereocenters. The third-order valence-electron chi connectivity index (χ3n) is 3.68. The van der Waals surface area contributed by atoms with Crippen molar-refractivity contribution >= 4 is 23.6 Å². The van der Waals surface area contributed by atoms with Crippen LogP contribution >= 0.6 is 11.8 Å². The van der Waals surface area contributed by atoms with E-state index in [9.17, 15) is 9.59 Å². The van der Waals surface area contributed by atoms with Gasteiger partial charge in [-0.3, -0.25) is 4.79 Å². The number of hydrogen-bond acceptors (Lipinski definition) is 5. The molecule has 0 aliphatic rings. The van der Waals surface area contributed by atoms with Crippen molar-refractivity contribution in [2.45, 2.75) is 31.4 Å². The lowest BCUT2D eigenvalue weighted by atomic mass is 10.2. The molecule has 138 valence electrons. The first-order valence-electron chi connectivity index (χ1n) is 8.44. The maximum atomic E-state index is 12.1. The summed E-state index contributed by atoms with van der Waals surface area (Å²) < 4.78 is 5.21. The highest BCUT2D eigenvalue weighted by Crippen LogP contribution is 2.12. The first-order valence-corrected chi connectivity index (χ1v) is 9.60. The normalized spacial score (nSPS) is 12.8. The van der Waals surface area contributed by atoms with E-state index in [2.05, 4.69) is 5.32 Å². The van der Waals surface area contributed by atoms with Gasteiger partial charge in [-0.25, -0.2) is 4.79 Å². The molecule has 3 N–H and O–H groups in total. The Kier molecular flexibility index (Phi) is 8.18. The minimum Gasteiger partial charge on any atom is -0.459 e. The van der Waals surface area contributed by atoms with Crippen LogP contribution in [0.25, 0.3) is 0 Å². The highest BCUT2D eigenvalue weighted by Gasteiger charge is 2.21. The van der Waals surface area contributed by atoms with Crippen LogP contribution in [0.15, 0.2) is 60.7 Å². The molecule has 2 rings (SSSR count). The predicted molar refractivity (Wildman–Crippen MR) is 104 cm³/mol. The summed E-state index contributed by atoms with van der Waals surface area (Å²) in [6.45, 7) is 1.77. The summed E-state index contributed by atoms with van der Waals surface area (Å²) in [6, 6.07) is 18.0.